The second kappa shape index (κ2) is 4.98. The van der Waals surface area contributed by atoms with Crippen molar-refractivity contribution in [3.63, 3.8) is 0 Å². The highest BCUT2D eigenvalue weighted by molar-refractivity contribution is 5.66. The first-order valence-electron chi connectivity index (χ1n) is 6.73. The number of aromatic nitrogens is 2. The number of rotatable bonds is 5. The number of hydrogen-bond acceptors (Lipinski definition) is 3. The van der Waals surface area contributed by atoms with Gasteiger partial charge in [0.15, 0.2) is 0 Å². The van der Waals surface area contributed by atoms with E-state index in [0.717, 1.165) is 42.6 Å². The molecule has 1 heterocycles. The quantitative estimate of drug-likeness (QED) is 0.852. The van der Waals surface area contributed by atoms with E-state index in [2.05, 4.69) is 23.8 Å². The summed E-state index contributed by atoms with van der Waals surface area (Å²) in [6, 6.07) is 0. The van der Waals surface area contributed by atoms with Crippen molar-refractivity contribution in [1.82, 2.24) is 9.78 Å². The molecule has 1 aromatic heterocycles. The Balaban J connectivity index is 2.19. The molecule has 2 rings (SSSR count). The van der Waals surface area contributed by atoms with E-state index in [9.17, 15) is 0 Å². The summed E-state index contributed by atoms with van der Waals surface area (Å²) in [5.41, 5.74) is 8.10. The predicted molar refractivity (Wildman–Crippen MR) is 72.2 cm³/mol. The average Bonchev–Trinajstić information content (AvgIpc) is 2.54. The maximum absolute atomic E-state index is 6.20. The molecule has 0 aromatic carbocycles. The molecule has 0 radical (unpaired) electrons. The Labute approximate surface area is 104 Å². The number of anilines is 2. The molecule has 0 atom stereocenters. The first-order valence-corrected chi connectivity index (χ1v) is 6.73. The maximum atomic E-state index is 6.20. The molecule has 0 unspecified atom stereocenters. The largest absolute Gasteiger partial charge is 0.394 e. The van der Waals surface area contributed by atoms with Crippen molar-refractivity contribution < 1.29 is 0 Å². The van der Waals surface area contributed by atoms with E-state index in [-0.39, 0.29) is 0 Å². The van der Waals surface area contributed by atoms with Crippen LogP contribution in [0.5, 0.6) is 0 Å². The van der Waals surface area contributed by atoms with Crippen molar-refractivity contribution in [2.45, 2.75) is 39.5 Å². The number of nitrogen functional groups attached to an aromatic ring is 1. The van der Waals surface area contributed by atoms with Crippen molar-refractivity contribution in [2.75, 3.05) is 23.7 Å². The molecule has 0 spiro atoms. The molecule has 1 fully saturated rings. The van der Waals surface area contributed by atoms with E-state index in [1.807, 2.05) is 11.7 Å². The zero-order chi connectivity index (χ0) is 12.4. The zero-order valence-corrected chi connectivity index (χ0v) is 11.2. The Morgan fingerprint density at radius 1 is 1.41 bits per heavy atom. The van der Waals surface area contributed by atoms with Gasteiger partial charge in [-0.25, -0.2) is 0 Å². The summed E-state index contributed by atoms with van der Waals surface area (Å²) in [4.78, 5) is 2.38. The molecule has 0 bridgehead atoms. The third-order valence-corrected chi connectivity index (χ3v) is 3.85. The minimum absolute atomic E-state index is 0.856. The fraction of sp³-hybridized carbons (Fsp3) is 0.769. The lowest BCUT2D eigenvalue weighted by Crippen LogP contribution is -2.34. The summed E-state index contributed by atoms with van der Waals surface area (Å²) in [7, 11) is 1.99. The van der Waals surface area contributed by atoms with Crippen LogP contribution in [-0.2, 0) is 13.5 Å². The second-order valence-electron chi connectivity index (χ2n) is 5.00. The van der Waals surface area contributed by atoms with Gasteiger partial charge in [-0.2, -0.15) is 5.10 Å². The predicted octanol–water partition coefficient (Wildman–Crippen LogP) is 2.19. The summed E-state index contributed by atoms with van der Waals surface area (Å²) >= 11 is 0. The number of nitrogens with two attached hydrogens (primary N) is 1. The fourth-order valence-corrected chi connectivity index (χ4v) is 2.57. The van der Waals surface area contributed by atoms with E-state index in [1.54, 1.807) is 0 Å². The van der Waals surface area contributed by atoms with Gasteiger partial charge in [0, 0.05) is 20.1 Å². The lowest BCUT2D eigenvalue weighted by Gasteiger charge is -2.33. The van der Waals surface area contributed by atoms with Crippen LogP contribution < -0.4 is 10.6 Å². The smallest absolute Gasteiger partial charge is 0.150 e. The minimum atomic E-state index is 0.856. The number of nitrogens with zero attached hydrogens (tertiary/aromatic N) is 3. The molecule has 17 heavy (non-hydrogen) atoms. The van der Waals surface area contributed by atoms with Crippen LogP contribution in [0.3, 0.4) is 0 Å². The van der Waals surface area contributed by atoms with Gasteiger partial charge in [0.25, 0.3) is 0 Å². The van der Waals surface area contributed by atoms with Crippen LogP contribution in [0.25, 0.3) is 0 Å². The van der Waals surface area contributed by atoms with E-state index in [4.69, 9.17) is 5.73 Å². The van der Waals surface area contributed by atoms with Gasteiger partial charge in [-0.3, -0.25) is 4.68 Å². The molecule has 96 valence electrons. The Morgan fingerprint density at radius 3 is 2.53 bits per heavy atom. The molecule has 4 nitrogen and oxygen atoms in total. The van der Waals surface area contributed by atoms with Gasteiger partial charge in [0.2, 0.25) is 0 Å². The molecule has 0 aliphatic heterocycles. The standard InChI is InChI=1S/C13H24N4/c1-4-11-12(14)13(16(3)15-11)17(5-2)9-10-7-6-8-10/h10H,4-9,14H2,1-3H3. The summed E-state index contributed by atoms with van der Waals surface area (Å²) in [5, 5.41) is 4.50. The van der Waals surface area contributed by atoms with Gasteiger partial charge >= 0.3 is 0 Å². The highest BCUT2D eigenvalue weighted by atomic mass is 15.4. The van der Waals surface area contributed by atoms with Crippen LogP contribution in [0.4, 0.5) is 11.5 Å². The van der Waals surface area contributed by atoms with E-state index < -0.39 is 0 Å². The molecule has 1 aliphatic carbocycles. The Bertz CT molecular complexity index is 379. The molecule has 0 amide bonds. The van der Waals surface area contributed by atoms with Crippen LogP contribution in [0.15, 0.2) is 0 Å². The third-order valence-electron chi connectivity index (χ3n) is 3.85. The molecule has 1 saturated carbocycles. The first-order chi connectivity index (χ1) is 8.17. The van der Waals surface area contributed by atoms with Gasteiger partial charge in [0.1, 0.15) is 5.82 Å². The number of aryl methyl sites for hydroxylation is 2. The SMILES string of the molecule is CCc1nn(C)c(N(CC)CC2CCC2)c1N. The van der Waals surface area contributed by atoms with E-state index in [0.29, 0.717) is 0 Å². The molecular weight excluding hydrogens is 212 g/mol. The highest BCUT2D eigenvalue weighted by Crippen LogP contribution is 2.32. The monoisotopic (exact) mass is 236 g/mol. The third kappa shape index (κ3) is 2.26. The van der Waals surface area contributed by atoms with Gasteiger partial charge in [-0.05, 0) is 32.1 Å². The normalized spacial score (nSPS) is 15.9. The van der Waals surface area contributed by atoms with Gasteiger partial charge in [-0.15, -0.1) is 0 Å². The van der Waals surface area contributed by atoms with Crippen LogP contribution in [-0.4, -0.2) is 22.9 Å². The first kappa shape index (κ1) is 12.3. The highest BCUT2D eigenvalue weighted by Gasteiger charge is 2.24. The Morgan fingerprint density at radius 2 is 2.12 bits per heavy atom. The van der Waals surface area contributed by atoms with Crippen LogP contribution in [0, 0.1) is 5.92 Å². The molecule has 4 heteroatoms. The lowest BCUT2D eigenvalue weighted by atomic mass is 9.85. The average molecular weight is 236 g/mol. The lowest BCUT2D eigenvalue weighted by molar-refractivity contribution is 0.317. The maximum Gasteiger partial charge on any atom is 0.150 e. The molecule has 1 aromatic rings. The summed E-state index contributed by atoms with van der Waals surface area (Å²) in [6.45, 7) is 6.42. The van der Waals surface area contributed by atoms with Gasteiger partial charge < -0.3 is 10.6 Å². The minimum Gasteiger partial charge on any atom is -0.394 e. The van der Waals surface area contributed by atoms with Gasteiger partial charge in [0.05, 0.1) is 11.4 Å². The van der Waals surface area contributed by atoms with Crippen LogP contribution >= 0.6 is 0 Å². The van der Waals surface area contributed by atoms with Crippen molar-refractivity contribution >= 4 is 11.5 Å². The molecule has 2 N–H and O–H groups in total. The summed E-state index contributed by atoms with van der Waals surface area (Å²) in [5.74, 6) is 1.96. The summed E-state index contributed by atoms with van der Waals surface area (Å²) in [6.07, 6.45) is 5.04. The molecule has 0 saturated heterocycles. The second-order valence-corrected chi connectivity index (χ2v) is 5.00. The molecule has 1 aliphatic rings. The molecular formula is C13H24N4. The van der Waals surface area contributed by atoms with Crippen molar-refractivity contribution in [2.24, 2.45) is 13.0 Å². The zero-order valence-electron chi connectivity index (χ0n) is 11.2. The van der Waals surface area contributed by atoms with Crippen molar-refractivity contribution in [3.05, 3.63) is 5.69 Å². The van der Waals surface area contributed by atoms with E-state index >= 15 is 0 Å². The van der Waals surface area contributed by atoms with E-state index in [1.165, 1.54) is 19.3 Å². The Hall–Kier alpha value is -1.19. The fourth-order valence-electron chi connectivity index (χ4n) is 2.57. The van der Waals surface area contributed by atoms with Gasteiger partial charge in [-0.1, -0.05) is 13.3 Å². The topological polar surface area (TPSA) is 47.1 Å². The summed E-state index contributed by atoms with van der Waals surface area (Å²) < 4.78 is 1.94. The van der Waals surface area contributed by atoms with Crippen molar-refractivity contribution in [1.29, 1.82) is 0 Å². The van der Waals surface area contributed by atoms with Crippen LogP contribution in [0.2, 0.25) is 0 Å². The van der Waals surface area contributed by atoms with Crippen LogP contribution in [0.1, 0.15) is 38.8 Å². The number of hydrogen-bond donors (Lipinski definition) is 1. The van der Waals surface area contributed by atoms with Crippen molar-refractivity contribution in [3.8, 4) is 0 Å². The Kier molecular flexibility index (Phi) is 3.60.